The molecule has 0 saturated heterocycles. The highest BCUT2D eigenvalue weighted by atomic mass is 79.9. The van der Waals surface area contributed by atoms with Gasteiger partial charge in [-0.15, -0.1) is 0 Å². The van der Waals surface area contributed by atoms with Crippen molar-refractivity contribution in [1.82, 2.24) is 9.97 Å². The number of halogens is 1. The molecule has 0 bridgehead atoms. The number of aryl methyl sites for hydroxylation is 1. The standard InChI is InChI=1S/C16H13BrN2O2/c1-9-6-7-10(12(17)8-9)15-18-13-5-3-4-11(14(13)19-15)16(20)21-2/h3-8H,1-2H3,(H,18,19). The molecule has 0 amide bonds. The molecule has 0 unspecified atom stereocenters. The molecule has 106 valence electrons. The third kappa shape index (κ3) is 2.45. The molecule has 0 aliphatic heterocycles. The highest BCUT2D eigenvalue weighted by Gasteiger charge is 2.15. The van der Waals surface area contributed by atoms with Crippen LogP contribution in [-0.2, 0) is 4.74 Å². The molecule has 0 saturated carbocycles. The number of para-hydroxylation sites is 1. The van der Waals surface area contributed by atoms with Crippen LogP contribution in [0.1, 0.15) is 15.9 Å². The number of hydrogen-bond donors (Lipinski definition) is 1. The van der Waals surface area contributed by atoms with Crippen LogP contribution < -0.4 is 0 Å². The molecule has 0 aliphatic carbocycles. The quantitative estimate of drug-likeness (QED) is 0.712. The van der Waals surface area contributed by atoms with E-state index in [9.17, 15) is 4.79 Å². The SMILES string of the molecule is COC(=O)c1cccc2[nH]c(-c3ccc(C)cc3Br)nc12. The van der Waals surface area contributed by atoms with Gasteiger partial charge in [0, 0.05) is 10.0 Å². The summed E-state index contributed by atoms with van der Waals surface area (Å²) in [6, 6.07) is 11.5. The summed E-state index contributed by atoms with van der Waals surface area (Å²) in [5.41, 5.74) is 4.00. The lowest BCUT2D eigenvalue weighted by Crippen LogP contribution is -2.01. The monoisotopic (exact) mass is 344 g/mol. The van der Waals surface area contributed by atoms with Crippen molar-refractivity contribution in [2.45, 2.75) is 6.92 Å². The Hall–Kier alpha value is -2.14. The maximum atomic E-state index is 11.8. The van der Waals surface area contributed by atoms with Crippen LogP contribution in [-0.4, -0.2) is 23.0 Å². The van der Waals surface area contributed by atoms with E-state index in [1.807, 2.05) is 31.2 Å². The number of carbonyl (C=O) groups is 1. The van der Waals surface area contributed by atoms with E-state index in [0.717, 1.165) is 21.1 Å². The first kappa shape index (κ1) is 13.8. The molecule has 1 N–H and O–H groups in total. The Balaban J connectivity index is 2.19. The summed E-state index contributed by atoms with van der Waals surface area (Å²) in [6.07, 6.45) is 0. The highest BCUT2D eigenvalue weighted by Crippen LogP contribution is 2.29. The maximum Gasteiger partial charge on any atom is 0.340 e. The van der Waals surface area contributed by atoms with Gasteiger partial charge in [0.05, 0.1) is 18.2 Å². The Kier molecular flexibility index (Phi) is 3.51. The third-order valence-electron chi connectivity index (χ3n) is 3.30. The van der Waals surface area contributed by atoms with E-state index >= 15 is 0 Å². The average Bonchev–Trinajstić information content (AvgIpc) is 2.89. The number of H-pyrrole nitrogens is 1. The molecule has 4 nitrogen and oxygen atoms in total. The molecule has 3 aromatic rings. The van der Waals surface area contributed by atoms with E-state index in [1.165, 1.54) is 7.11 Å². The van der Waals surface area contributed by atoms with Gasteiger partial charge in [0.2, 0.25) is 0 Å². The fourth-order valence-electron chi connectivity index (χ4n) is 2.25. The molecular weight excluding hydrogens is 332 g/mol. The van der Waals surface area contributed by atoms with E-state index in [0.29, 0.717) is 16.9 Å². The Bertz CT molecular complexity index is 839. The second kappa shape index (κ2) is 5.33. The Morgan fingerprint density at radius 1 is 1.29 bits per heavy atom. The summed E-state index contributed by atoms with van der Waals surface area (Å²) in [5, 5.41) is 0. The second-order valence-corrected chi connectivity index (χ2v) is 5.62. The first-order chi connectivity index (χ1) is 10.1. The van der Waals surface area contributed by atoms with Crippen LogP contribution in [0, 0.1) is 6.92 Å². The summed E-state index contributed by atoms with van der Waals surface area (Å²) in [6.45, 7) is 2.03. The van der Waals surface area contributed by atoms with Crippen molar-refractivity contribution in [3.8, 4) is 11.4 Å². The van der Waals surface area contributed by atoms with E-state index in [-0.39, 0.29) is 5.97 Å². The van der Waals surface area contributed by atoms with Crippen LogP contribution in [0.15, 0.2) is 40.9 Å². The number of ether oxygens (including phenoxy) is 1. The summed E-state index contributed by atoms with van der Waals surface area (Å²) in [4.78, 5) is 19.6. The molecule has 2 aromatic carbocycles. The van der Waals surface area contributed by atoms with Crippen LogP contribution in [0.4, 0.5) is 0 Å². The molecule has 0 fully saturated rings. The van der Waals surface area contributed by atoms with Crippen LogP contribution in [0.5, 0.6) is 0 Å². The molecule has 0 atom stereocenters. The first-order valence-electron chi connectivity index (χ1n) is 6.43. The molecule has 3 rings (SSSR count). The fraction of sp³-hybridized carbons (Fsp3) is 0.125. The minimum Gasteiger partial charge on any atom is -0.465 e. The number of esters is 1. The zero-order chi connectivity index (χ0) is 15.0. The maximum absolute atomic E-state index is 11.8. The zero-order valence-corrected chi connectivity index (χ0v) is 13.2. The van der Waals surface area contributed by atoms with Gasteiger partial charge in [0.25, 0.3) is 0 Å². The molecule has 5 heteroatoms. The average molecular weight is 345 g/mol. The third-order valence-corrected chi connectivity index (χ3v) is 3.95. The van der Waals surface area contributed by atoms with Crippen LogP contribution in [0.25, 0.3) is 22.4 Å². The Labute approximate surface area is 130 Å². The summed E-state index contributed by atoms with van der Waals surface area (Å²) < 4.78 is 5.76. The number of hydrogen-bond acceptors (Lipinski definition) is 3. The number of carbonyl (C=O) groups excluding carboxylic acids is 1. The lowest BCUT2D eigenvalue weighted by molar-refractivity contribution is 0.0603. The molecular formula is C16H13BrN2O2. The van der Waals surface area contributed by atoms with Gasteiger partial charge >= 0.3 is 5.97 Å². The lowest BCUT2D eigenvalue weighted by atomic mass is 10.1. The minimum absolute atomic E-state index is 0.387. The molecule has 1 heterocycles. The van der Waals surface area contributed by atoms with Gasteiger partial charge in [-0.3, -0.25) is 0 Å². The predicted octanol–water partition coefficient (Wildman–Crippen LogP) is 4.09. The van der Waals surface area contributed by atoms with Crippen LogP contribution >= 0.6 is 15.9 Å². The number of benzene rings is 2. The number of rotatable bonds is 2. The second-order valence-electron chi connectivity index (χ2n) is 4.76. The van der Waals surface area contributed by atoms with Gasteiger partial charge in [-0.1, -0.05) is 28.1 Å². The number of imidazole rings is 1. The predicted molar refractivity (Wildman–Crippen MR) is 85.3 cm³/mol. The number of aromatic amines is 1. The Morgan fingerprint density at radius 3 is 2.81 bits per heavy atom. The molecule has 21 heavy (non-hydrogen) atoms. The van der Waals surface area contributed by atoms with E-state index in [1.54, 1.807) is 12.1 Å². The number of fused-ring (bicyclic) bond motifs is 1. The lowest BCUT2D eigenvalue weighted by Gasteiger charge is -2.01. The first-order valence-corrected chi connectivity index (χ1v) is 7.23. The van der Waals surface area contributed by atoms with E-state index in [4.69, 9.17) is 4.74 Å². The van der Waals surface area contributed by atoms with Crippen LogP contribution in [0.3, 0.4) is 0 Å². The normalized spacial score (nSPS) is 10.8. The van der Waals surface area contributed by atoms with Gasteiger partial charge in [0.15, 0.2) is 0 Å². The van der Waals surface area contributed by atoms with Crippen molar-refractivity contribution >= 4 is 32.9 Å². The molecule has 0 radical (unpaired) electrons. The summed E-state index contributed by atoms with van der Waals surface area (Å²) >= 11 is 3.55. The van der Waals surface area contributed by atoms with E-state index in [2.05, 4.69) is 25.9 Å². The molecule has 0 spiro atoms. The summed E-state index contributed by atoms with van der Waals surface area (Å²) in [7, 11) is 1.37. The Morgan fingerprint density at radius 2 is 2.10 bits per heavy atom. The molecule has 0 aliphatic rings. The van der Waals surface area contributed by atoms with Gasteiger partial charge in [0.1, 0.15) is 11.3 Å². The number of methoxy groups -OCH3 is 1. The number of aromatic nitrogens is 2. The zero-order valence-electron chi connectivity index (χ0n) is 11.6. The number of nitrogens with zero attached hydrogens (tertiary/aromatic N) is 1. The topological polar surface area (TPSA) is 55.0 Å². The van der Waals surface area contributed by atoms with E-state index < -0.39 is 0 Å². The van der Waals surface area contributed by atoms with Crippen LogP contribution in [0.2, 0.25) is 0 Å². The fourth-order valence-corrected chi connectivity index (χ4v) is 2.93. The number of nitrogens with one attached hydrogen (secondary N) is 1. The van der Waals surface area contributed by atoms with Crippen molar-refractivity contribution in [2.24, 2.45) is 0 Å². The minimum atomic E-state index is -0.387. The van der Waals surface area contributed by atoms with Gasteiger partial charge in [-0.25, -0.2) is 9.78 Å². The smallest absolute Gasteiger partial charge is 0.340 e. The largest absolute Gasteiger partial charge is 0.465 e. The van der Waals surface area contributed by atoms with Gasteiger partial charge in [-0.05, 0) is 36.8 Å². The molecule has 1 aromatic heterocycles. The van der Waals surface area contributed by atoms with Crippen molar-refractivity contribution in [3.63, 3.8) is 0 Å². The van der Waals surface area contributed by atoms with Gasteiger partial charge < -0.3 is 9.72 Å². The van der Waals surface area contributed by atoms with Crippen molar-refractivity contribution in [1.29, 1.82) is 0 Å². The van der Waals surface area contributed by atoms with Gasteiger partial charge in [-0.2, -0.15) is 0 Å². The van der Waals surface area contributed by atoms with Crippen molar-refractivity contribution < 1.29 is 9.53 Å². The summed E-state index contributed by atoms with van der Waals surface area (Å²) in [5.74, 6) is 0.329. The van der Waals surface area contributed by atoms with Crippen molar-refractivity contribution in [2.75, 3.05) is 7.11 Å². The van der Waals surface area contributed by atoms with Crippen molar-refractivity contribution in [3.05, 3.63) is 52.0 Å². The highest BCUT2D eigenvalue weighted by molar-refractivity contribution is 9.10.